The van der Waals surface area contributed by atoms with E-state index < -0.39 is 0 Å². The Hall–Kier alpha value is -9.68. The molecule has 0 saturated carbocycles. The van der Waals surface area contributed by atoms with Gasteiger partial charge in [0.05, 0.1) is 0 Å². The molecule has 0 fully saturated rings. The van der Waals surface area contributed by atoms with E-state index in [0.717, 1.165) is 103 Å². The van der Waals surface area contributed by atoms with Gasteiger partial charge in [-0.1, -0.05) is 78.9 Å². The van der Waals surface area contributed by atoms with Gasteiger partial charge in [0.25, 0.3) is 0 Å². The van der Waals surface area contributed by atoms with Crippen molar-refractivity contribution in [1.82, 2.24) is 9.97 Å². The number of pyridine rings is 2. The van der Waals surface area contributed by atoms with Gasteiger partial charge in [0.15, 0.2) is 23.1 Å². The van der Waals surface area contributed by atoms with Crippen LogP contribution in [-0.4, -0.2) is 64.4 Å². The number of benzene rings is 7. The Morgan fingerprint density at radius 3 is 1.21 bits per heavy atom. The topological polar surface area (TPSA) is 172 Å². The molecule has 0 amide bonds. The second kappa shape index (κ2) is 24.1. The lowest BCUT2D eigenvalue weighted by Gasteiger charge is -2.09. The van der Waals surface area contributed by atoms with Crippen LogP contribution in [0.2, 0.25) is 0 Å². The minimum absolute atomic E-state index is 0.0127. The third-order valence-electron chi connectivity index (χ3n) is 13.7. The summed E-state index contributed by atoms with van der Waals surface area (Å²) in [7, 11) is 0. The lowest BCUT2D eigenvalue weighted by molar-refractivity contribution is 0.103. The first-order valence-electron chi connectivity index (χ1n) is 25.8. The molecule has 0 atom stereocenters. The molecule has 6 heterocycles. The molecule has 9 aromatic rings. The number of carbonyl (C=O) groups excluding carboxylic acids is 4. The number of ether oxygens (including phenoxy) is 1. The largest absolute Gasteiger partial charge is 0.508 e. The molecule has 0 saturated heterocycles. The van der Waals surface area contributed by atoms with Gasteiger partial charge in [-0.25, -0.2) is 0 Å². The third-order valence-corrected chi connectivity index (χ3v) is 13.7. The normalized spacial score (nSPS) is 12.7. The van der Waals surface area contributed by atoms with E-state index in [2.05, 4.69) is 49.4 Å². The van der Waals surface area contributed by atoms with E-state index in [9.17, 15) is 24.3 Å². The fourth-order valence-electron chi connectivity index (χ4n) is 9.79. The number of fused-ring (bicyclic) bond motifs is 4. The number of para-hydroxylation sites is 4. The molecule has 4 aliphatic heterocycles. The summed E-state index contributed by atoms with van der Waals surface area (Å²) in [5.74, 6) is 1.05. The maximum Gasteiger partial charge on any atom is 0.196 e. The number of hydrogen-bond acceptors (Lipinski definition) is 12. The fraction of sp³-hybridized carbons (Fsp3) is 0.138. The fourth-order valence-corrected chi connectivity index (χ4v) is 9.79. The zero-order valence-electron chi connectivity index (χ0n) is 42.3. The third kappa shape index (κ3) is 12.0. The number of carbonyl (C=O) groups is 4. The monoisotopic (exact) mass is 1020 g/mol. The van der Waals surface area contributed by atoms with Crippen molar-refractivity contribution in [1.29, 1.82) is 0 Å². The molecular weight excluding hydrogens is 961 g/mol. The van der Waals surface area contributed by atoms with Gasteiger partial charge >= 0.3 is 0 Å². The van der Waals surface area contributed by atoms with Crippen molar-refractivity contribution in [2.45, 2.75) is 32.3 Å². The zero-order valence-corrected chi connectivity index (χ0v) is 42.3. The van der Waals surface area contributed by atoms with Crippen LogP contribution in [0.1, 0.15) is 91.5 Å². The van der Waals surface area contributed by atoms with Crippen molar-refractivity contribution in [3.05, 3.63) is 273 Å². The number of nitrogens with zero attached hydrogens (tertiary/aromatic N) is 2. The average Bonchev–Trinajstić information content (AvgIpc) is 4.37. The van der Waals surface area contributed by atoms with Crippen molar-refractivity contribution in [3.8, 4) is 11.5 Å². The highest BCUT2D eigenvalue weighted by atomic mass is 16.5. The lowest BCUT2D eigenvalue weighted by atomic mass is 9.99. The van der Waals surface area contributed by atoms with Gasteiger partial charge in [-0.15, -0.1) is 0 Å². The van der Waals surface area contributed by atoms with Gasteiger partial charge in [-0.2, -0.15) is 0 Å². The number of phenols is 1. The van der Waals surface area contributed by atoms with E-state index in [-0.39, 0.29) is 28.9 Å². The van der Waals surface area contributed by atoms with Crippen LogP contribution in [0.4, 0.5) is 22.7 Å². The molecule has 0 unspecified atom stereocenters. The van der Waals surface area contributed by atoms with E-state index in [1.165, 1.54) is 34.4 Å². The Kier molecular flexibility index (Phi) is 15.9. The molecule has 7 aromatic carbocycles. The minimum Gasteiger partial charge on any atom is -0.508 e. The van der Waals surface area contributed by atoms with Crippen LogP contribution in [-0.2, 0) is 32.3 Å². The van der Waals surface area contributed by atoms with Crippen molar-refractivity contribution in [3.63, 3.8) is 0 Å². The molecule has 5 N–H and O–H groups in total. The molecule has 12 nitrogen and oxygen atoms in total. The predicted octanol–water partition coefficient (Wildman–Crippen LogP) is 11.6. The number of aromatic nitrogens is 2. The highest BCUT2D eigenvalue weighted by Gasteiger charge is 2.23. The zero-order chi connectivity index (χ0) is 52.9. The molecule has 77 heavy (non-hydrogen) atoms. The number of hydrogen-bond donors (Lipinski definition) is 5. The Balaban J connectivity index is 0.000000118. The van der Waals surface area contributed by atoms with E-state index in [1.54, 1.807) is 61.2 Å². The maximum atomic E-state index is 12.8. The van der Waals surface area contributed by atoms with Crippen molar-refractivity contribution < 1.29 is 29.0 Å². The van der Waals surface area contributed by atoms with Gasteiger partial charge < -0.3 is 31.1 Å². The molecular formula is C65H56N6O6. The smallest absolute Gasteiger partial charge is 0.196 e. The number of nitrogens with one attached hydrogen (secondary N) is 4. The first-order valence-corrected chi connectivity index (χ1v) is 25.8. The number of ketones is 4. The average molecular weight is 1020 g/mol. The molecule has 0 spiro atoms. The Labute approximate surface area is 447 Å². The van der Waals surface area contributed by atoms with Gasteiger partial charge in [0.2, 0.25) is 0 Å². The molecule has 0 aliphatic carbocycles. The molecule has 382 valence electrons. The summed E-state index contributed by atoms with van der Waals surface area (Å²) in [5, 5.41) is 22.4. The number of aromatic hydroxyl groups is 1. The highest BCUT2D eigenvalue weighted by Crippen LogP contribution is 2.32. The van der Waals surface area contributed by atoms with Gasteiger partial charge in [0, 0.05) is 118 Å². The van der Waals surface area contributed by atoms with Crippen LogP contribution in [0, 0.1) is 0 Å². The lowest BCUT2D eigenvalue weighted by Crippen LogP contribution is -2.05. The number of anilines is 4. The summed E-state index contributed by atoms with van der Waals surface area (Å²) < 4.78 is 5.78. The van der Waals surface area contributed by atoms with E-state index >= 15 is 0 Å². The summed E-state index contributed by atoms with van der Waals surface area (Å²) in [6.07, 6.45) is 10.5. The summed E-state index contributed by atoms with van der Waals surface area (Å²) in [5.41, 5.74) is 15.4. The van der Waals surface area contributed by atoms with E-state index in [1.807, 2.05) is 109 Å². The van der Waals surface area contributed by atoms with Gasteiger partial charge in [-0.3, -0.25) is 29.1 Å². The van der Waals surface area contributed by atoms with Crippen molar-refractivity contribution in [2.24, 2.45) is 0 Å². The maximum absolute atomic E-state index is 12.8. The summed E-state index contributed by atoms with van der Waals surface area (Å²) in [4.78, 5) is 57.8. The van der Waals surface area contributed by atoms with E-state index in [0.29, 0.717) is 34.4 Å². The number of rotatable bonds is 11. The van der Waals surface area contributed by atoms with Crippen molar-refractivity contribution >= 4 is 45.9 Å². The van der Waals surface area contributed by atoms with Crippen LogP contribution < -0.4 is 26.0 Å². The Morgan fingerprint density at radius 1 is 0.390 bits per heavy atom. The quantitative estimate of drug-likeness (QED) is 0.0778. The standard InChI is InChI=1S/C22H19NO2.C15H13NO2.2C14H12N2O/c24-22(20-8-4-7-17-13-14-23-21(17)20)18-9-11-19(12-10-18)25-15-16-5-2-1-3-6-16;17-12-6-4-11(5-7-12)15(18)13-3-1-2-10-8-9-16-14(10)13;17-14(11-4-2-7-15-9-11)12-5-1-3-10-6-8-16-13(10)12;17-14(11-4-7-15-8-5-11)12-3-1-2-10-6-9-16-13(10)12/h1-12,23H,13-15H2;1-7,16-17H,8-9H2;1-5,7,9,16H,6,8H2;1-5,7-8,16H,6,9H2. The summed E-state index contributed by atoms with van der Waals surface area (Å²) in [6, 6.07) is 54.3. The summed E-state index contributed by atoms with van der Waals surface area (Å²) >= 11 is 0. The molecule has 0 bridgehead atoms. The second-order valence-corrected chi connectivity index (χ2v) is 18.7. The van der Waals surface area contributed by atoms with Crippen LogP contribution in [0.5, 0.6) is 11.5 Å². The molecule has 13 rings (SSSR count). The second-order valence-electron chi connectivity index (χ2n) is 18.7. The minimum atomic E-state index is -0.0127. The van der Waals surface area contributed by atoms with Gasteiger partial charge in [0.1, 0.15) is 18.1 Å². The van der Waals surface area contributed by atoms with Crippen LogP contribution in [0.15, 0.2) is 201 Å². The van der Waals surface area contributed by atoms with Crippen LogP contribution in [0.25, 0.3) is 0 Å². The molecule has 12 heteroatoms. The summed E-state index contributed by atoms with van der Waals surface area (Å²) in [6.45, 7) is 4.12. The Morgan fingerprint density at radius 2 is 0.792 bits per heavy atom. The molecule has 4 aliphatic rings. The first-order chi connectivity index (χ1) is 37.8. The first kappa shape index (κ1) is 50.8. The van der Waals surface area contributed by atoms with E-state index in [4.69, 9.17) is 4.74 Å². The SMILES string of the molecule is O=C(c1ccc(O)cc1)c1cccc2c1NCC2.O=C(c1ccc(OCc2ccccc2)cc1)c1cccc2c1NCC2.O=C(c1cccnc1)c1cccc2c1NCC2.O=C(c1ccncc1)c1cccc2c1NCC2. The number of phenolic OH excluding ortho intramolecular Hbond substituents is 1. The molecule has 2 aromatic heterocycles. The van der Waals surface area contributed by atoms with Gasteiger partial charge in [-0.05, 0) is 151 Å². The van der Waals surface area contributed by atoms with Crippen LogP contribution >= 0.6 is 0 Å². The molecule has 0 radical (unpaired) electrons. The van der Waals surface area contributed by atoms with Crippen LogP contribution in [0.3, 0.4) is 0 Å². The van der Waals surface area contributed by atoms with Crippen molar-refractivity contribution in [2.75, 3.05) is 47.4 Å². The highest BCUT2D eigenvalue weighted by molar-refractivity contribution is 6.15. The Bertz CT molecular complexity index is 3450. The predicted molar refractivity (Wildman–Crippen MR) is 302 cm³/mol.